The van der Waals surface area contributed by atoms with Gasteiger partial charge in [-0.05, 0) is 31.0 Å². The summed E-state index contributed by atoms with van der Waals surface area (Å²) in [6.07, 6.45) is 5.11. The molecule has 1 amide bonds. The average Bonchev–Trinajstić information content (AvgIpc) is 3.03. The first-order valence-electron chi connectivity index (χ1n) is 9.33. The van der Waals surface area contributed by atoms with Gasteiger partial charge in [-0.1, -0.05) is 12.5 Å². The van der Waals surface area contributed by atoms with Gasteiger partial charge in [0.2, 0.25) is 5.91 Å². The fourth-order valence-corrected chi connectivity index (χ4v) is 3.58. The molecule has 1 fully saturated rings. The minimum Gasteiger partial charge on any atom is -0.448 e. The normalized spacial score (nSPS) is 16.6. The summed E-state index contributed by atoms with van der Waals surface area (Å²) in [5.41, 5.74) is 1.09. The number of carbonyl (C=O) groups is 1. The number of hydrogen-bond donors (Lipinski definition) is 2. The van der Waals surface area contributed by atoms with Gasteiger partial charge in [0.05, 0.1) is 11.5 Å². The highest BCUT2D eigenvalue weighted by molar-refractivity contribution is 5.94. The van der Waals surface area contributed by atoms with Crippen LogP contribution in [0.25, 0.3) is 0 Å². The predicted octanol–water partition coefficient (Wildman–Crippen LogP) is 4.08. The first-order chi connectivity index (χ1) is 13.5. The average molecular weight is 383 g/mol. The van der Waals surface area contributed by atoms with Crippen molar-refractivity contribution in [1.29, 1.82) is 0 Å². The van der Waals surface area contributed by atoms with Gasteiger partial charge in [0.1, 0.15) is 0 Å². The number of benzene rings is 2. The fraction of sp³-hybridized carbons (Fsp3) is 0.350. The van der Waals surface area contributed by atoms with E-state index in [0.29, 0.717) is 22.9 Å². The summed E-state index contributed by atoms with van der Waals surface area (Å²) in [7, 11) is 0. The molecule has 8 nitrogen and oxygen atoms in total. The number of rotatable bonds is 5. The molecule has 1 aliphatic heterocycles. The standard InChI is InChI=1S/C20H21N3O5/c24-19(13-21-14-5-4-6-16(11-14)23(25)26)22-15-7-8-17-18(12-15)28-20(27-17)9-2-1-3-10-20/h4-8,11-12,21H,1-3,9-10,13H2,(H,22,24). The molecule has 2 N–H and O–H groups in total. The number of non-ortho nitro benzene ring substituents is 1. The number of nitro benzene ring substituents is 1. The lowest BCUT2D eigenvalue weighted by Gasteiger charge is -2.31. The van der Waals surface area contributed by atoms with E-state index in [0.717, 1.165) is 25.7 Å². The van der Waals surface area contributed by atoms with Crippen molar-refractivity contribution >= 4 is 23.0 Å². The summed E-state index contributed by atoms with van der Waals surface area (Å²) in [6, 6.07) is 11.4. The Kier molecular flexibility index (Phi) is 4.77. The van der Waals surface area contributed by atoms with Crippen LogP contribution in [0.4, 0.5) is 17.1 Å². The Morgan fingerprint density at radius 2 is 1.82 bits per heavy atom. The second-order valence-corrected chi connectivity index (χ2v) is 7.05. The quantitative estimate of drug-likeness (QED) is 0.596. The van der Waals surface area contributed by atoms with Gasteiger partial charge in [-0.15, -0.1) is 0 Å². The Hall–Kier alpha value is -3.29. The summed E-state index contributed by atoms with van der Waals surface area (Å²) in [6.45, 7) is -0.0143. The Morgan fingerprint density at radius 1 is 1.04 bits per heavy atom. The Bertz CT molecular complexity index is 908. The van der Waals surface area contributed by atoms with Crippen LogP contribution >= 0.6 is 0 Å². The molecule has 28 heavy (non-hydrogen) atoms. The van der Waals surface area contributed by atoms with E-state index in [9.17, 15) is 14.9 Å². The zero-order valence-corrected chi connectivity index (χ0v) is 15.3. The van der Waals surface area contributed by atoms with Gasteiger partial charge in [-0.25, -0.2) is 0 Å². The highest BCUT2D eigenvalue weighted by atomic mass is 16.7. The summed E-state index contributed by atoms with van der Waals surface area (Å²) in [5, 5.41) is 16.5. The van der Waals surface area contributed by atoms with Gasteiger partial charge in [-0.3, -0.25) is 14.9 Å². The van der Waals surface area contributed by atoms with Crippen LogP contribution in [-0.2, 0) is 4.79 Å². The number of anilines is 2. The number of nitro groups is 1. The van der Waals surface area contributed by atoms with Crippen LogP contribution in [0, 0.1) is 10.1 Å². The molecule has 1 aliphatic carbocycles. The van der Waals surface area contributed by atoms with Crippen molar-refractivity contribution in [2.75, 3.05) is 17.2 Å². The predicted molar refractivity (Wildman–Crippen MR) is 104 cm³/mol. The van der Waals surface area contributed by atoms with Gasteiger partial charge in [0, 0.05) is 42.4 Å². The van der Waals surface area contributed by atoms with E-state index in [4.69, 9.17) is 9.47 Å². The zero-order chi connectivity index (χ0) is 19.6. The molecular formula is C20H21N3O5. The molecule has 0 saturated heterocycles. The maximum absolute atomic E-state index is 12.2. The van der Waals surface area contributed by atoms with Crippen LogP contribution in [0.2, 0.25) is 0 Å². The summed E-state index contributed by atoms with van der Waals surface area (Å²) in [5.74, 6) is 0.533. The number of nitrogens with one attached hydrogen (secondary N) is 2. The SMILES string of the molecule is O=C(CNc1cccc([N+](=O)[O-])c1)Nc1ccc2c(c1)OC1(CCCCC1)O2. The summed E-state index contributed by atoms with van der Waals surface area (Å²) >= 11 is 0. The van der Waals surface area contributed by atoms with Crippen LogP contribution in [0.15, 0.2) is 42.5 Å². The number of carbonyl (C=O) groups excluding carboxylic acids is 1. The van der Waals surface area contributed by atoms with Gasteiger partial charge < -0.3 is 20.1 Å². The van der Waals surface area contributed by atoms with E-state index >= 15 is 0 Å². The molecule has 146 valence electrons. The molecule has 4 rings (SSSR count). The van der Waals surface area contributed by atoms with Crippen molar-refractivity contribution in [3.63, 3.8) is 0 Å². The van der Waals surface area contributed by atoms with Crippen LogP contribution in [0.1, 0.15) is 32.1 Å². The van der Waals surface area contributed by atoms with Crippen molar-refractivity contribution in [3.05, 3.63) is 52.6 Å². The number of ether oxygens (including phenoxy) is 2. The maximum atomic E-state index is 12.2. The van der Waals surface area contributed by atoms with Crippen LogP contribution in [-0.4, -0.2) is 23.2 Å². The smallest absolute Gasteiger partial charge is 0.271 e. The lowest BCUT2D eigenvalue weighted by atomic mass is 9.94. The van der Waals surface area contributed by atoms with E-state index in [-0.39, 0.29) is 18.1 Å². The second-order valence-electron chi connectivity index (χ2n) is 7.05. The molecule has 1 saturated carbocycles. The third-order valence-corrected chi connectivity index (χ3v) is 4.94. The molecule has 2 aromatic carbocycles. The van der Waals surface area contributed by atoms with E-state index in [1.165, 1.54) is 18.6 Å². The van der Waals surface area contributed by atoms with Crippen molar-refractivity contribution in [3.8, 4) is 11.5 Å². The monoisotopic (exact) mass is 383 g/mol. The first kappa shape index (κ1) is 18.1. The lowest BCUT2D eigenvalue weighted by molar-refractivity contribution is -0.384. The van der Waals surface area contributed by atoms with Gasteiger partial charge in [-0.2, -0.15) is 0 Å². The van der Waals surface area contributed by atoms with Gasteiger partial charge >= 0.3 is 0 Å². The molecule has 2 aromatic rings. The maximum Gasteiger partial charge on any atom is 0.271 e. The van der Waals surface area contributed by atoms with E-state index in [2.05, 4.69) is 10.6 Å². The molecule has 2 aliphatic rings. The first-order valence-corrected chi connectivity index (χ1v) is 9.33. The van der Waals surface area contributed by atoms with E-state index in [1.54, 1.807) is 24.3 Å². The zero-order valence-electron chi connectivity index (χ0n) is 15.3. The summed E-state index contributed by atoms with van der Waals surface area (Å²) < 4.78 is 12.1. The largest absolute Gasteiger partial charge is 0.448 e. The van der Waals surface area contributed by atoms with Crippen LogP contribution in [0.5, 0.6) is 11.5 Å². The van der Waals surface area contributed by atoms with Crippen LogP contribution in [0.3, 0.4) is 0 Å². The molecule has 8 heteroatoms. The van der Waals surface area contributed by atoms with Gasteiger partial charge in [0.25, 0.3) is 11.5 Å². The van der Waals surface area contributed by atoms with Crippen molar-refractivity contribution in [2.45, 2.75) is 37.9 Å². The third kappa shape index (κ3) is 3.85. The van der Waals surface area contributed by atoms with Gasteiger partial charge in [0.15, 0.2) is 11.5 Å². The molecule has 0 bridgehead atoms. The highest BCUT2D eigenvalue weighted by Gasteiger charge is 2.42. The highest BCUT2D eigenvalue weighted by Crippen LogP contribution is 2.46. The molecule has 1 heterocycles. The minimum atomic E-state index is -0.549. The number of hydrogen-bond acceptors (Lipinski definition) is 6. The second kappa shape index (κ2) is 7.38. The fourth-order valence-electron chi connectivity index (χ4n) is 3.58. The van der Waals surface area contributed by atoms with Crippen LogP contribution < -0.4 is 20.1 Å². The minimum absolute atomic E-state index is 0.0143. The number of amides is 1. The Labute approximate surface area is 162 Å². The molecular weight excluding hydrogens is 362 g/mol. The van der Waals surface area contributed by atoms with Crippen molar-refractivity contribution < 1.29 is 19.2 Å². The van der Waals surface area contributed by atoms with E-state index < -0.39 is 10.7 Å². The third-order valence-electron chi connectivity index (χ3n) is 4.94. The molecule has 0 unspecified atom stereocenters. The number of fused-ring (bicyclic) bond motifs is 1. The Balaban J connectivity index is 1.35. The number of nitrogens with zero attached hydrogens (tertiary/aromatic N) is 1. The summed E-state index contributed by atoms with van der Waals surface area (Å²) in [4.78, 5) is 22.6. The molecule has 1 spiro atoms. The molecule has 0 aromatic heterocycles. The van der Waals surface area contributed by atoms with Crippen molar-refractivity contribution in [2.24, 2.45) is 0 Å². The van der Waals surface area contributed by atoms with Crippen molar-refractivity contribution in [1.82, 2.24) is 0 Å². The molecule has 0 radical (unpaired) electrons. The molecule has 0 atom stereocenters. The lowest BCUT2D eigenvalue weighted by Crippen LogP contribution is -2.40. The topological polar surface area (TPSA) is 103 Å². The van der Waals surface area contributed by atoms with E-state index in [1.807, 2.05) is 6.07 Å². The Morgan fingerprint density at radius 3 is 2.61 bits per heavy atom.